The molecule has 1 amide bonds. The van der Waals surface area contributed by atoms with Crippen molar-refractivity contribution in [3.05, 3.63) is 103 Å². The number of nitrogens with one attached hydrogen (secondary N) is 2. The molecule has 9 nitrogen and oxygen atoms in total. The molecule has 0 aliphatic heterocycles. The smallest absolute Gasteiger partial charge is 0.324 e. The Morgan fingerprint density at radius 3 is 2.09 bits per heavy atom. The zero-order valence-electron chi connectivity index (χ0n) is 24.1. The third-order valence-corrected chi connectivity index (χ3v) is 8.65. The number of methoxy groups -OCH3 is 1. The molecule has 1 atom stereocenters. The van der Waals surface area contributed by atoms with Crippen molar-refractivity contribution < 1.29 is 27.2 Å². The van der Waals surface area contributed by atoms with Crippen LogP contribution in [0.3, 0.4) is 0 Å². The van der Waals surface area contributed by atoms with E-state index in [0.717, 1.165) is 33.2 Å². The van der Waals surface area contributed by atoms with Gasteiger partial charge in [0.15, 0.2) is 5.76 Å². The largest absolute Gasteiger partial charge is 0.468 e. The van der Waals surface area contributed by atoms with E-state index in [-0.39, 0.29) is 22.5 Å². The quantitative estimate of drug-likeness (QED) is 0.194. The summed E-state index contributed by atoms with van der Waals surface area (Å²) in [4.78, 5) is 29.3. The lowest BCUT2D eigenvalue weighted by Crippen LogP contribution is -2.44. The first-order chi connectivity index (χ1) is 20.6. The second-order valence-electron chi connectivity index (χ2n) is 10.4. The molecule has 0 spiro atoms. The molecule has 220 valence electrons. The van der Waals surface area contributed by atoms with Gasteiger partial charge < -0.3 is 14.5 Å². The lowest BCUT2D eigenvalue weighted by molar-refractivity contribution is -0.143. The molecule has 0 aliphatic rings. The van der Waals surface area contributed by atoms with Gasteiger partial charge in [0.1, 0.15) is 11.6 Å². The average Bonchev–Trinajstić information content (AvgIpc) is 3.37. The predicted molar refractivity (Wildman–Crippen MR) is 165 cm³/mol. The molecule has 10 heteroatoms. The van der Waals surface area contributed by atoms with E-state index in [1.54, 1.807) is 50.5 Å². The lowest BCUT2D eigenvalue weighted by Gasteiger charge is -2.19. The first kappa shape index (κ1) is 29.7. The molecular formula is C33H31N3O6S. The molecule has 0 radical (unpaired) electrons. The maximum Gasteiger partial charge on any atom is 0.324 e. The zero-order valence-corrected chi connectivity index (χ0v) is 24.9. The predicted octanol–water partition coefficient (Wildman–Crippen LogP) is 6.20. The number of aryl methyl sites for hydroxylation is 1. The molecule has 0 aliphatic carbocycles. The van der Waals surface area contributed by atoms with Crippen LogP contribution < -0.4 is 10.0 Å². The number of sulfonamides is 1. The van der Waals surface area contributed by atoms with Crippen LogP contribution >= 0.6 is 0 Å². The standard InChI is InChI=1S/C33H31N3O6S/c1-20(2)30(33(38)41-4)36-43(39,40)26-14-10-23(11-15-26)22-8-12-25(13-9-22)35-32(37)31-21(3)29-27(6-5-7-28(29)42-31)24-16-18-34-19-17-24/h5-20,30,36H,1-4H3,(H,35,37). The Bertz CT molecular complexity index is 1880. The van der Waals surface area contributed by atoms with Crippen LogP contribution in [0.1, 0.15) is 30.0 Å². The number of nitrogens with zero attached hydrogens (tertiary/aromatic N) is 1. The maximum atomic E-state index is 13.2. The summed E-state index contributed by atoms with van der Waals surface area (Å²) in [5.74, 6) is -1.07. The van der Waals surface area contributed by atoms with Crippen molar-refractivity contribution in [3.8, 4) is 22.3 Å². The Labute approximate surface area is 250 Å². The van der Waals surface area contributed by atoms with Gasteiger partial charge in [-0.15, -0.1) is 0 Å². The number of hydrogen-bond acceptors (Lipinski definition) is 7. The van der Waals surface area contributed by atoms with Crippen molar-refractivity contribution in [1.82, 2.24) is 9.71 Å². The topological polar surface area (TPSA) is 128 Å². The molecule has 0 bridgehead atoms. The normalized spacial score (nSPS) is 12.3. The van der Waals surface area contributed by atoms with Crippen LogP contribution in [0, 0.1) is 12.8 Å². The molecule has 0 saturated carbocycles. The van der Waals surface area contributed by atoms with E-state index >= 15 is 0 Å². The van der Waals surface area contributed by atoms with Gasteiger partial charge in [0.05, 0.1) is 12.0 Å². The molecule has 2 aromatic heterocycles. The number of aromatic nitrogens is 1. The van der Waals surface area contributed by atoms with Crippen molar-refractivity contribution in [1.29, 1.82) is 0 Å². The lowest BCUT2D eigenvalue weighted by atomic mass is 10.00. The number of esters is 1. The van der Waals surface area contributed by atoms with Crippen LogP contribution in [0.25, 0.3) is 33.2 Å². The minimum atomic E-state index is -3.95. The van der Waals surface area contributed by atoms with Gasteiger partial charge in [-0.3, -0.25) is 14.6 Å². The molecule has 0 fully saturated rings. The van der Waals surface area contributed by atoms with Gasteiger partial charge in [-0.25, -0.2) is 8.42 Å². The number of rotatable bonds is 9. The summed E-state index contributed by atoms with van der Waals surface area (Å²) in [5.41, 5.74) is 5.49. The summed E-state index contributed by atoms with van der Waals surface area (Å²) in [7, 11) is -2.73. The highest BCUT2D eigenvalue weighted by Crippen LogP contribution is 2.35. The Morgan fingerprint density at radius 2 is 1.49 bits per heavy atom. The van der Waals surface area contributed by atoms with E-state index in [9.17, 15) is 18.0 Å². The SMILES string of the molecule is COC(=O)C(NS(=O)(=O)c1ccc(-c2ccc(NC(=O)c3oc4cccc(-c5ccncc5)c4c3C)cc2)cc1)C(C)C. The zero-order chi connectivity index (χ0) is 30.7. The number of benzene rings is 3. The summed E-state index contributed by atoms with van der Waals surface area (Å²) in [6, 6.07) is 22.1. The van der Waals surface area contributed by atoms with Crippen LogP contribution in [0.2, 0.25) is 0 Å². The number of anilines is 1. The van der Waals surface area contributed by atoms with E-state index < -0.39 is 22.0 Å². The van der Waals surface area contributed by atoms with Crippen LogP contribution in [-0.2, 0) is 19.6 Å². The highest BCUT2D eigenvalue weighted by molar-refractivity contribution is 7.89. The molecule has 5 aromatic rings. The maximum absolute atomic E-state index is 13.2. The number of carbonyl (C=O) groups is 2. The minimum Gasteiger partial charge on any atom is -0.468 e. The van der Waals surface area contributed by atoms with Crippen LogP contribution in [0.5, 0.6) is 0 Å². The highest BCUT2D eigenvalue weighted by atomic mass is 32.2. The number of amides is 1. The molecule has 2 N–H and O–H groups in total. The third kappa shape index (κ3) is 6.20. The second kappa shape index (κ2) is 12.2. The van der Waals surface area contributed by atoms with Crippen molar-refractivity contribution in [2.24, 2.45) is 5.92 Å². The summed E-state index contributed by atoms with van der Waals surface area (Å²) < 4.78 is 38.9. The first-order valence-electron chi connectivity index (χ1n) is 13.6. The van der Waals surface area contributed by atoms with Crippen LogP contribution in [0.15, 0.2) is 101 Å². The fourth-order valence-electron chi connectivity index (χ4n) is 4.87. The van der Waals surface area contributed by atoms with Crippen molar-refractivity contribution in [3.63, 3.8) is 0 Å². The van der Waals surface area contributed by atoms with Crippen LogP contribution in [-0.4, -0.2) is 38.4 Å². The average molecular weight is 598 g/mol. The van der Waals surface area contributed by atoms with E-state index in [0.29, 0.717) is 11.3 Å². The molecule has 43 heavy (non-hydrogen) atoms. The fraction of sp³-hybridized carbons (Fsp3) is 0.182. The number of carbonyl (C=O) groups excluding carboxylic acids is 2. The molecule has 0 saturated heterocycles. The Kier molecular flexibility index (Phi) is 8.43. The molecule has 2 heterocycles. The number of ether oxygens (including phenoxy) is 1. The van der Waals surface area contributed by atoms with Gasteiger partial charge in [-0.05, 0) is 77.6 Å². The molecule has 1 unspecified atom stereocenters. The van der Waals surface area contributed by atoms with Crippen molar-refractivity contribution in [2.75, 3.05) is 12.4 Å². The minimum absolute atomic E-state index is 0.0305. The van der Waals surface area contributed by atoms with Gasteiger partial charge in [0, 0.05) is 29.0 Å². The highest BCUT2D eigenvalue weighted by Gasteiger charge is 2.29. The molecule has 5 rings (SSSR count). The number of fused-ring (bicyclic) bond motifs is 1. The third-order valence-electron chi connectivity index (χ3n) is 7.20. The second-order valence-corrected chi connectivity index (χ2v) is 12.1. The van der Waals surface area contributed by atoms with Gasteiger partial charge in [0.25, 0.3) is 5.91 Å². The molecular weight excluding hydrogens is 566 g/mol. The van der Waals surface area contributed by atoms with Gasteiger partial charge in [-0.1, -0.05) is 50.2 Å². The Morgan fingerprint density at radius 1 is 0.860 bits per heavy atom. The van der Waals surface area contributed by atoms with Gasteiger partial charge in [0.2, 0.25) is 10.0 Å². The number of pyridine rings is 1. The van der Waals surface area contributed by atoms with Gasteiger partial charge >= 0.3 is 5.97 Å². The Balaban J connectivity index is 1.31. The van der Waals surface area contributed by atoms with E-state index in [1.807, 2.05) is 49.4 Å². The monoisotopic (exact) mass is 597 g/mol. The van der Waals surface area contributed by atoms with Crippen LogP contribution in [0.4, 0.5) is 5.69 Å². The summed E-state index contributed by atoms with van der Waals surface area (Å²) in [5, 5.41) is 3.77. The first-order valence-corrected chi connectivity index (χ1v) is 15.1. The van der Waals surface area contributed by atoms with E-state index in [1.165, 1.54) is 19.2 Å². The number of hydrogen-bond donors (Lipinski definition) is 2. The van der Waals surface area contributed by atoms with Crippen molar-refractivity contribution in [2.45, 2.75) is 31.7 Å². The number of furan rings is 1. The fourth-order valence-corrected chi connectivity index (χ4v) is 6.20. The summed E-state index contributed by atoms with van der Waals surface area (Å²) in [6.45, 7) is 5.33. The van der Waals surface area contributed by atoms with E-state index in [2.05, 4.69) is 15.0 Å². The van der Waals surface area contributed by atoms with E-state index in [4.69, 9.17) is 9.15 Å². The summed E-state index contributed by atoms with van der Waals surface area (Å²) >= 11 is 0. The summed E-state index contributed by atoms with van der Waals surface area (Å²) in [6.07, 6.45) is 3.45. The van der Waals surface area contributed by atoms with Gasteiger partial charge in [-0.2, -0.15) is 4.72 Å². The molecule has 3 aromatic carbocycles. The van der Waals surface area contributed by atoms with Crippen molar-refractivity contribution >= 4 is 38.6 Å². The Hall–Kier alpha value is -4.80.